The Kier molecular flexibility index (Phi) is 8.18. The largest absolute Gasteiger partial charge is 0.491 e. The molecule has 1 aliphatic heterocycles. The fraction of sp³-hybridized carbons (Fsp3) is 0.632. The summed E-state index contributed by atoms with van der Waals surface area (Å²) in [4.78, 5) is 11.5. The zero-order valence-corrected chi connectivity index (χ0v) is 15.1. The summed E-state index contributed by atoms with van der Waals surface area (Å²) in [6.45, 7) is 8.71. The van der Waals surface area contributed by atoms with Crippen molar-refractivity contribution >= 4 is 5.97 Å². The molecule has 140 valence electrons. The van der Waals surface area contributed by atoms with Crippen molar-refractivity contribution in [2.75, 3.05) is 52.9 Å². The van der Waals surface area contributed by atoms with Gasteiger partial charge in [-0.1, -0.05) is 6.92 Å². The average molecular weight is 352 g/mol. The van der Waals surface area contributed by atoms with Crippen molar-refractivity contribution in [2.45, 2.75) is 20.3 Å². The zero-order chi connectivity index (χ0) is 18.0. The molecule has 6 heteroatoms. The number of esters is 1. The summed E-state index contributed by atoms with van der Waals surface area (Å²) in [6.07, 6.45) is 1.08. The standard InChI is InChI=1S/C19H28O6/c1-3-19(14-23-15-19)13-22-10-9-21-11-12-25-17-7-5-16(6-8-17)18(20)24-4-2/h5-8H,3-4,9-15H2,1-2H3. The van der Waals surface area contributed by atoms with Gasteiger partial charge in [0.15, 0.2) is 0 Å². The molecule has 0 bridgehead atoms. The Morgan fingerprint density at radius 1 is 1.04 bits per heavy atom. The van der Waals surface area contributed by atoms with Crippen LogP contribution in [0.2, 0.25) is 0 Å². The Labute approximate surface area is 149 Å². The van der Waals surface area contributed by atoms with Crippen LogP contribution in [0.5, 0.6) is 5.75 Å². The fourth-order valence-corrected chi connectivity index (χ4v) is 2.41. The van der Waals surface area contributed by atoms with Crippen molar-refractivity contribution in [3.8, 4) is 5.75 Å². The first kappa shape index (κ1) is 19.7. The number of carbonyl (C=O) groups is 1. The molecule has 0 saturated carbocycles. The molecule has 0 radical (unpaired) electrons. The lowest BCUT2D eigenvalue weighted by molar-refractivity contribution is -0.152. The molecule has 1 saturated heterocycles. The van der Waals surface area contributed by atoms with Gasteiger partial charge in [-0.3, -0.25) is 0 Å². The van der Waals surface area contributed by atoms with E-state index in [0.717, 1.165) is 26.2 Å². The molecule has 1 aliphatic rings. The maximum atomic E-state index is 11.5. The molecule has 0 aromatic heterocycles. The molecule has 0 spiro atoms. The first-order valence-corrected chi connectivity index (χ1v) is 8.82. The van der Waals surface area contributed by atoms with Gasteiger partial charge in [0.05, 0.1) is 51.8 Å². The van der Waals surface area contributed by atoms with E-state index in [1.54, 1.807) is 31.2 Å². The van der Waals surface area contributed by atoms with Gasteiger partial charge in [0.2, 0.25) is 0 Å². The van der Waals surface area contributed by atoms with E-state index in [4.69, 9.17) is 23.7 Å². The van der Waals surface area contributed by atoms with Crippen LogP contribution in [0.15, 0.2) is 24.3 Å². The highest BCUT2D eigenvalue weighted by Gasteiger charge is 2.36. The molecule has 2 rings (SSSR count). The van der Waals surface area contributed by atoms with Crippen LogP contribution in [-0.4, -0.2) is 58.8 Å². The molecular weight excluding hydrogens is 324 g/mol. The second kappa shape index (κ2) is 10.4. The summed E-state index contributed by atoms with van der Waals surface area (Å²) in [5.74, 6) is 0.374. The summed E-state index contributed by atoms with van der Waals surface area (Å²) in [7, 11) is 0. The van der Waals surface area contributed by atoms with Crippen molar-refractivity contribution < 1.29 is 28.5 Å². The van der Waals surface area contributed by atoms with Crippen molar-refractivity contribution in [3.05, 3.63) is 29.8 Å². The van der Waals surface area contributed by atoms with Crippen LogP contribution in [-0.2, 0) is 18.9 Å². The first-order chi connectivity index (χ1) is 12.2. The van der Waals surface area contributed by atoms with Gasteiger partial charge in [0.25, 0.3) is 0 Å². The molecule has 0 N–H and O–H groups in total. The minimum atomic E-state index is -0.323. The van der Waals surface area contributed by atoms with Crippen LogP contribution in [0, 0.1) is 5.41 Å². The summed E-state index contributed by atoms with van der Waals surface area (Å²) in [5.41, 5.74) is 0.739. The predicted molar refractivity (Wildman–Crippen MR) is 93.1 cm³/mol. The fourth-order valence-electron chi connectivity index (χ4n) is 2.41. The Bertz CT molecular complexity index is 504. The molecule has 6 nitrogen and oxygen atoms in total. The van der Waals surface area contributed by atoms with E-state index in [1.165, 1.54) is 0 Å². The monoisotopic (exact) mass is 352 g/mol. The third kappa shape index (κ3) is 6.30. The smallest absolute Gasteiger partial charge is 0.338 e. The van der Waals surface area contributed by atoms with Crippen molar-refractivity contribution in [3.63, 3.8) is 0 Å². The van der Waals surface area contributed by atoms with Gasteiger partial charge in [-0.05, 0) is 37.6 Å². The molecule has 1 heterocycles. The second-order valence-corrected chi connectivity index (χ2v) is 6.10. The number of hydrogen-bond donors (Lipinski definition) is 0. The summed E-state index contributed by atoms with van der Waals surface area (Å²) < 4.78 is 26.9. The van der Waals surface area contributed by atoms with Gasteiger partial charge in [-0.25, -0.2) is 4.79 Å². The van der Waals surface area contributed by atoms with Gasteiger partial charge in [-0.2, -0.15) is 0 Å². The molecule has 1 aromatic rings. The highest BCUT2D eigenvalue weighted by atomic mass is 16.5. The number of carbonyl (C=O) groups excluding carboxylic acids is 1. The SMILES string of the molecule is CCOC(=O)c1ccc(OCCOCCOCC2(CC)COC2)cc1. The van der Waals surface area contributed by atoms with E-state index in [0.29, 0.717) is 44.3 Å². The molecule has 0 atom stereocenters. The van der Waals surface area contributed by atoms with Crippen molar-refractivity contribution in [2.24, 2.45) is 5.41 Å². The van der Waals surface area contributed by atoms with Gasteiger partial charge in [0.1, 0.15) is 12.4 Å². The third-order valence-electron chi connectivity index (χ3n) is 4.21. The lowest BCUT2D eigenvalue weighted by Crippen LogP contribution is -2.45. The molecular formula is C19H28O6. The molecule has 25 heavy (non-hydrogen) atoms. The maximum Gasteiger partial charge on any atom is 0.338 e. The van der Waals surface area contributed by atoms with Crippen LogP contribution in [0.4, 0.5) is 0 Å². The van der Waals surface area contributed by atoms with E-state index in [9.17, 15) is 4.79 Å². The average Bonchev–Trinajstić information content (AvgIpc) is 2.60. The minimum Gasteiger partial charge on any atom is -0.491 e. The molecule has 1 aromatic carbocycles. The van der Waals surface area contributed by atoms with E-state index in [2.05, 4.69) is 6.92 Å². The Morgan fingerprint density at radius 3 is 2.32 bits per heavy atom. The zero-order valence-electron chi connectivity index (χ0n) is 15.1. The quantitative estimate of drug-likeness (QED) is 0.426. The van der Waals surface area contributed by atoms with Crippen LogP contribution < -0.4 is 4.74 Å². The van der Waals surface area contributed by atoms with Crippen LogP contribution in [0.1, 0.15) is 30.6 Å². The lowest BCUT2D eigenvalue weighted by Gasteiger charge is -2.40. The molecule has 1 fully saturated rings. The Morgan fingerprint density at radius 2 is 1.72 bits per heavy atom. The van der Waals surface area contributed by atoms with Crippen molar-refractivity contribution in [1.82, 2.24) is 0 Å². The number of ether oxygens (including phenoxy) is 5. The van der Waals surface area contributed by atoms with E-state index in [-0.39, 0.29) is 11.4 Å². The highest BCUT2D eigenvalue weighted by Crippen LogP contribution is 2.31. The molecule has 0 aliphatic carbocycles. The van der Waals surface area contributed by atoms with Gasteiger partial charge in [0, 0.05) is 5.41 Å². The van der Waals surface area contributed by atoms with E-state index < -0.39 is 0 Å². The van der Waals surface area contributed by atoms with Crippen LogP contribution >= 0.6 is 0 Å². The predicted octanol–water partition coefficient (Wildman–Crippen LogP) is 2.70. The van der Waals surface area contributed by atoms with Crippen LogP contribution in [0.25, 0.3) is 0 Å². The van der Waals surface area contributed by atoms with Gasteiger partial charge in [-0.15, -0.1) is 0 Å². The third-order valence-corrected chi connectivity index (χ3v) is 4.21. The lowest BCUT2D eigenvalue weighted by atomic mass is 9.84. The summed E-state index contributed by atoms with van der Waals surface area (Å²) in [5, 5.41) is 0. The van der Waals surface area contributed by atoms with E-state index >= 15 is 0 Å². The van der Waals surface area contributed by atoms with Gasteiger partial charge >= 0.3 is 5.97 Å². The van der Waals surface area contributed by atoms with Crippen molar-refractivity contribution in [1.29, 1.82) is 0 Å². The number of hydrogen-bond acceptors (Lipinski definition) is 6. The maximum absolute atomic E-state index is 11.5. The normalized spacial score (nSPS) is 15.4. The van der Waals surface area contributed by atoms with Gasteiger partial charge < -0.3 is 23.7 Å². The molecule has 0 amide bonds. The topological polar surface area (TPSA) is 63.2 Å². The van der Waals surface area contributed by atoms with Crippen LogP contribution in [0.3, 0.4) is 0 Å². The number of rotatable bonds is 12. The second-order valence-electron chi connectivity index (χ2n) is 6.10. The Balaban J connectivity index is 1.50. The Hall–Kier alpha value is -1.63. The summed E-state index contributed by atoms with van der Waals surface area (Å²) in [6, 6.07) is 6.88. The minimum absolute atomic E-state index is 0.221. The first-order valence-electron chi connectivity index (χ1n) is 8.82. The summed E-state index contributed by atoms with van der Waals surface area (Å²) >= 11 is 0. The number of benzene rings is 1. The highest BCUT2D eigenvalue weighted by molar-refractivity contribution is 5.89. The molecule has 0 unspecified atom stereocenters. The van der Waals surface area contributed by atoms with E-state index in [1.807, 2.05) is 0 Å².